The SMILES string of the molecule is O=C1CCc2nc(-c3ccc(O)cc3)ncc21. The van der Waals surface area contributed by atoms with Gasteiger partial charge in [0.15, 0.2) is 11.6 Å². The van der Waals surface area contributed by atoms with E-state index in [1.54, 1.807) is 30.5 Å². The number of rotatable bonds is 1. The summed E-state index contributed by atoms with van der Waals surface area (Å²) in [6.45, 7) is 0. The fourth-order valence-corrected chi connectivity index (χ4v) is 1.96. The number of phenols is 1. The monoisotopic (exact) mass is 226 g/mol. The summed E-state index contributed by atoms with van der Waals surface area (Å²) in [5, 5.41) is 9.21. The van der Waals surface area contributed by atoms with Crippen LogP contribution in [0.4, 0.5) is 0 Å². The highest BCUT2D eigenvalue weighted by atomic mass is 16.3. The van der Waals surface area contributed by atoms with E-state index in [0.29, 0.717) is 24.2 Å². The predicted molar refractivity (Wildman–Crippen MR) is 61.8 cm³/mol. The van der Waals surface area contributed by atoms with Gasteiger partial charge in [0.25, 0.3) is 0 Å². The first-order chi connectivity index (χ1) is 8.24. The molecule has 1 heterocycles. The van der Waals surface area contributed by atoms with Crippen molar-refractivity contribution in [1.82, 2.24) is 9.97 Å². The van der Waals surface area contributed by atoms with Crippen molar-refractivity contribution in [2.45, 2.75) is 12.8 Å². The Kier molecular flexibility index (Phi) is 2.14. The molecule has 0 radical (unpaired) electrons. The Morgan fingerprint density at radius 2 is 1.88 bits per heavy atom. The second kappa shape index (κ2) is 3.66. The van der Waals surface area contributed by atoms with Gasteiger partial charge in [-0.3, -0.25) is 4.79 Å². The zero-order valence-corrected chi connectivity index (χ0v) is 9.05. The highest BCUT2D eigenvalue weighted by Gasteiger charge is 2.21. The molecule has 84 valence electrons. The molecule has 1 aromatic carbocycles. The Morgan fingerprint density at radius 3 is 2.65 bits per heavy atom. The number of Topliss-reactive ketones (excluding diaryl/α,β-unsaturated/α-hetero) is 1. The molecule has 1 aliphatic rings. The average molecular weight is 226 g/mol. The zero-order valence-electron chi connectivity index (χ0n) is 9.05. The minimum atomic E-state index is 0.122. The number of carbonyl (C=O) groups is 1. The van der Waals surface area contributed by atoms with Gasteiger partial charge in [0, 0.05) is 18.2 Å². The first kappa shape index (κ1) is 9.96. The maximum Gasteiger partial charge on any atom is 0.166 e. The molecule has 0 fully saturated rings. The molecule has 1 aliphatic carbocycles. The number of fused-ring (bicyclic) bond motifs is 1. The van der Waals surface area contributed by atoms with Crippen LogP contribution in [0.1, 0.15) is 22.5 Å². The number of benzene rings is 1. The molecule has 0 spiro atoms. The highest BCUT2D eigenvalue weighted by molar-refractivity contribution is 5.99. The van der Waals surface area contributed by atoms with Gasteiger partial charge in [-0.15, -0.1) is 0 Å². The molecule has 1 aromatic heterocycles. The third-order valence-corrected chi connectivity index (χ3v) is 2.88. The van der Waals surface area contributed by atoms with Crippen LogP contribution < -0.4 is 0 Å². The van der Waals surface area contributed by atoms with Crippen LogP contribution in [0.15, 0.2) is 30.5 Å². The lowest BCUT2D eigenvalue weighted by Gasteiger charge is -2.02. The van der Waals surface area contributed by atoms with Crippen LogP contribution in [-0.2, 0) is 6.42 Å². The molecule has 2 aromatic rings. The maximum atomic E-state index is 11.4. The Bertz CT molecular complexity index is 591. The Labute approximate surface area is 98.0 Å². The van der Waals surface area contributed by atoms with Crippen molar-refractivity contribution < 1.29 is 9.90 Å². The molecule has 0 saturated heterocycles. The maximum absolute atomic E-state index is 11.4. The summed E-state index contributed by atoms with van der Waals surface area (Å²) >= 11 is 0. The molecule has 0 aliphatic heterocycles. The molecule has 1 N–H and O–H groups in total. The predicted octanol–water partition coefficient (Wildman–Crippen LogP) is 1.98. The number of carbonyl (C=O) groups excluding carboxylic acids is 1. The van der Waals surface area contributed by atoms with E-state index in [4.69, 9.17) is 0 Å². The quantitative estimate of drug-likeness (QED) is 0.807. The number of aromatic nitrogens is 2. The molecule has 4 heteroatoms. The molecule has 0 bridgehead atoms. The van der Waals surface area contributed by atoms with Gasteiger partial charge in [-0.05, 0) is 30.7 Å². The summed E-state index contributed by atoms with van der Waals surface area (Å²) in [7, 11) is 0. The van der Waals surface area contributed by atoms with Crippen molar-refractivity contribution in [2.75, 3.05) is 0 Å². The number of aryl methyl sites for hydroxylation is 1. The van der Waals surface area contributed by atoms with Gasteiger partial charge in [0.05, 0.1) is 11.3 Å². The van der Waals surface area contributed by atoms with Crippen LogP contribution >= 0.6 is 0 Å². The smallest absolute Gasteiger partial charge is 0.166 e. The largest absolute Gasteiger partial charge is 0.508 e. The summed E-state index contributed by atoms with van der Waals surface area (Å²) in [6.07, 6.45) is 2.82. The molecule has 4 nitrogen and oxygen atoms in total. The fourth-order valence-electron chi connectivity index (χ4n) is 1.96. The second-order valence-corrected chi connectivity index (χ2v) is 4.02. The molecule has 0 saturated carbocycles. The van der Waals surface area contributed by atoms with E-state index in [9.17, 15) is 9.90 Å². The lowest BCUT2D eigenvalue weighted by atomic mass is 10.2. The third kappa shape index (κ3) is 1.67. The van der Waals surface area contributed by atoms with Crippen LogP contribution in [0, 0.1) is 0 Å². The van der Waals surface area contributed by atoms with Crippen molar-refractivity contribution in [1.29, 1.82) is 0 Å². The number of nitrogens with zero attached hydrogens (tertiary/aromatic N) is 2. The number of hydrogen-bond acceptors (Lipinski definition) is 4. The zero-order chi connectivity index (χ0) is 11.8. The summed E-state index contributed by atoms with van der Waals surface area (Å²) in [5.74, 6) is 0.931. The van der Waals surface area contributed by atoms with E-state index in [1.807, 2.05) is 0 Å². The van der Waals surface area contributed by atoms with Crippen LogP contribution in [-0.4, -0.2) is 20.9 Å². The Morgan fingerprint density at radius 1 is 1.12 bits per heavy atom. The van der Waals surface area contributed by atoms with Gasteiger partial charge in [0.1, 0.15) is 5.75 Å². The van der Waals surface area contributed by atoms with E-state index in [1.165, 1.54) is 0 Å². The van der Waals surface area contributed by atoms with Crippen LogP contribution in [0.3, 0.4) is 0 Å². The first-order valence-corrected chi connectivity index (χ1v) is 5.42. The molecule has 17 heavy (non-hydrogen) atoms. The Hall–Kier alpha value is -2.23. The normalized spacial score (nSPS) is 13.8. The standard InChI is InChI=1S/C13H10N2O2/c16-9-3-1-8(2-4-9)13-14-7-10-11(15-13)5-6-12(10)17/h1-4,7,16H,5-6H2. The fraction of sp³-hybridized carbons (Fsp3) is 0.154. The van der Waals surface area contributed by atoms with Crippen molar-refractivity contribution in [3.8, 4) is 17.1 Å². The molecule has 0 unspecified atom stereocenters. The lowest BCUT2D eigenvalue weighted by molar-refractivity contribution is 0.0994. The minimum Gasteiger partial charge on any atom is -0.508 e. The topological polar surface area (TPSA) is 63.1 Å². The molecule has 3 rings (SSSR count). The number of ketones is 1. The molecule has 0 atom stereocenters. The van der Waals surface area contributed by atoms with Crippen molar-refractivity contribution in [3.05, 3.63) is 41.7 Å². The van der Waals surface area contributed by atoms with Gasteiger partial charge >= 0.3 is 0 Å². The van der Waals surface area contributed by atoms with Gasteiger partial charge in [0.2, 0.25) is 0 Å². The van der Waals surface area contributed by atoms with Gasteiger partial charge < -0.3 is 5.11 Å². The number of hydrogen-bond donors (Lipinski definition) is 1. The van der Waals surface area contributed by atoms with Crippen LogP contribution in [0.5, 0.6) is 5.75 Å². The summed E-state index contributed by atoms with van der Waals surface area (Å²) in [5.41, 5.74) is 2.31. The van der Waals surface area contributed by atoms with Gasteiger partial charge in [-0.2, -0.15) is 0 Å². The molecule has 0 amide bonds. The van der Waals surface area contributed by atoms with E-state index >= 15 is 0 Å². The van der Waals surface area contributed by atoms with Gasteiger partial charge in [-0.1, -0.05) is 0 Å². The Balaban J connectivity index is 2.05. The van der Waals surface area contributed by atoms with Crippen LogP contribution in [0.25, 0.3) is 11.4 Å². The highest BCUT2D eigenvalue weighted by Crippen LogP contribution is 2.23. The summed E-state index contributed by atoms with van der Waals surface area (Å²) < 4.78 is 0. The number of phenolic OH excluding ortho intramolecular Hbond substituents is 1. The van der Waals surface area contributed by atoms with E-state index in [0.717, 1.165) is 11.3 Å². The molecular weight excluding hydrogens is 216 g/mol. The van der Waals surface area contributed by atoms with Crippen LogP contribution in [0.2, 0.25) is 0 Å². The molecular formula is C13H10N2O2. The summed E-state index contributed by atoms with van der Waals surface area (Å²) in [6, 6.07) is 6.70. The van der Waals surface area contributed by atoms with Gasteiger partial charge in [-0.25, -0.2) is 9.97 Å². The van der Waals surface area contributed by atoms with Crippen molar-refractivity contribution in [3.63, 3.8) is 0 Å². The van der Waals surface area contributed by atoms with E-state index in [-0.39, 0.29) is 11.5 Å². The second-order valence-electron chi connectivity index (χ2n) is 4.02. The van der Waals surface area contributed by atoms with E-state index < -0.39 is 0 Å². The summed E-state index contributed by atoms with van der Waals surface area (Å²) in [4.78, 5) is 20.0. The lowest BCUT2D eigenvalue weighted by Crippen LogP contribution is -1.97. The first-order valence-electron chi connectivity index (χ1n) is 5.42. The average Bonchev–Trinajstić information content (AvgIpc) is 2.72. The minimum absolute atomic E-state index is 0.122. The van der Waals surface area contributed by atoms with Crippen molar-refractivity contribution in [2.24, 2.45) is 0 Å². The van der Waals surface area contributed by atoms with E-state index in [2.05, 4.69) is 9.97 Å². The third-order valence-electron chi connectivity index (χ3n) is 2.88. The number of aromatic hydroxyl groups is 1. The van der Waals surface area contributed by atoms with Crippen molar-refractivity contribution >= 4 is 5.78 Å².